The van der Waals surface area contributed by atoms with Gasteiger partial charge in [-0.3, -0.25) is 0 Å². The molecular weight excluding hydrogens is 204 g/mol. The Bertz CT molecular complexity index is 370. The third-order valence-corrected chi connectivity index (χ3v) is 2.60. The molecule has 0 saturated carbocycles. The van der Waals surface area contributed by atoms with E-state index in [1.54, 1.807) is 0 Å². The van der Waals surface area contributed by atoms with Gasteiger partial charge in [-0.15, -0.1) is 0 Å². The molecule has 1 aliphatic heterocycles. The van der Waals surface area contributed by atoms with Crippen LogP contribution in [0.4, 0.5) is 0 Å². The molecule has 0 amide bonds. The van der Waals surface area contributed by atoms with E-state index >= 15 is 0 Å². The predicted molar refractivity (Wildman–Crippen MR) is 62.3 cm³/mol. The molecule has 0 aliphatic carbocycles. The van der Waals surface area contributed by atoms with Crippen LogP contribution in [0.1, 0.15) is 18.1 Å². The summed E-state index contributed by atoms with van der Waals surface area (Å²) >= 11 is 0. The van der Waals surface area contributed by atoms with Crippen molar-refractivity contribution in [1.29, 1.82) is 0 Å². The molecule has 1 aliphatic rings. The van der Waals surface area contributed by atoms with Gasteiger partial charge in [0.1, 0.15) is 24.2 Å². The first-order chi connectivity index (χ1) is 7.70. The number of hydrogen-bond donors (Lipinski definition) is 0. The van der Waals surface area contributed by atoms with Crippen molar-refractivity contribution in [1.82, 2.24) is 0 Å². The summed E-state index contributed by atoms with van der Waals surface area (Å²) in [5.74, 6) is 1.87. The number of hydrogen-bond acceptors (Lipinski definition) is 3. The molecule has 0 aromatic heterocycles. The molecule has 1 aromatic carbocycles. The maximum atomic E-state index is 5.69. The third-order valence-electron chi connectivity index (χ3n) is 2.60. The van der Waals surface area contributed by atoms with Crippen LogP contribution >= 0.6 is 0 Å². The SMILES string of the molecule is CCOc1cc(C)c(OCC2CO2)cc1C. The van der Waals surface area contributed by atoms with Crippen molar-refractivity contribution in [3.05, 3.63) is 23.3 Å². The minimum Gasteiger partial charge on any atom is -0.494 e. The molecule has 1 atom stereocenters. The van der Waals surface area contributed by atoms with E-state index in [2.05, 4.69) is 0 Å². The second-order valence-corrected chi connectivity index (χ2v) is 4.08. The third kappa shape index (κ3) is 2.67. The molecule has 1 fully saturated rings. The predicted octanol–water partition coefficient (Wildman–Crippen LogP) is 2.48. The Balaban J connectivity index is 2.08. The Morgan fingerprint density at radius 2 is 1.75 bits per heavy atom. The average molecular weight is 222 g/mol. The van der Waals surface area contributed by atoms with Crippen LogP contribution in [0, 0.1) is 13.8 Å². The van der Waals surface area contributed by atoms with Gasteiger partial charge < -0.3 is 14.2 Å². The van der Waals surface area contributed by atoms with Crippen molar-refractivity contribution in [3.63, 3.8) is 0 Å². The summed E-state index contributed by atoms with van der Waals surface area (Å²) in [4.78, 5) is 0. The Morgan fingerprint density at radius 3 is 2.25 bits per heavy atom. The monoisotopic (exact) mass is 222 g/mol. The van der Waals surface area contributed by atoms with E-state index in [0.717, 1.165) is 29.2 Å². The van der Waals surface area contributed by atoms with Gasteiger partial charge in [0, 0.05) is 0 Å². The molecule has 0 N–H and O–H groups in total. The zero-order valence-corrected chi connectivity index (χ0v) is 10.1. The quantitative estimate of drug-likeness (QED) is 0.717. The van der Waals surface area contributed by atoms with E-state index in [1.165, 1.54) is 0 Å². The van der Waals surface area contributed by atoms with E-state index in [-0.39, 0.29) is 0 Å². The number of epoxide rings is 1. The normalized spacial score (nSPS) is 18.3. The zero-order valence-electron chi connectivity index (χ0n) is 10.1. The summed E-state index contributed by atoms with van der Waals surface area (Å²) < 4.78 is 16.3. The van der Waals surface area contributed by atoms with Crippen molar-refractivity contribution in [2.24, 2.45) is 0 Å². The first-order valence-corrected chi connectivity index (χ1v) is 5.69. The van der Waals surface area contributed by atoms with Gasteiger partial charge >= 0.3 is 0 Å². The summed E-state index contributed by atoms with van der Waals surface area (Å²) in [7, 11) is 0. The van der Waals surface area contributed by atoms with E-state index in [4.69, 9.17) is 14.2 Å². The highest BCUT2D eigenvalue weighted by Gasteiger charge is 2.23. The maximum absolute atomic E-state index is 5.69. The fourth-order valence-electron chi connectivity index (χ4n) is 1.58. The topological polar surface area (TPSA) is 31.0 Å². The fourth-order valence-corrected chi connectivity index (χ4v) is 1.58. The Hall–Kier alpha value is -1.22. The van der Waals surface area contributed by atoms with Gasteiger partial charge in [0.2, 0.25) is 0 Å². The summed E-state index contributed by atoms with van der Waals surface area (Å²) in [6.45, 7) is 8.22. The summed E-state index contributed by atoms with van der Waals surface area (Å²) in [5.41, 5.74) is 2.22. The smallest absolute Gasteiger partial charge is 0.122 e. The molecule has 1 aromatic rings. The molecule has 2 rings (SSSR count). The van der Waals surface area contributed by atoms with Crippen molar-refractivity contribution < 1.29 is 14.2 Å². The highest BCUT2D eigenvalue weighted by atomic mass is 16.6. The summed E-state index contributed by atoms with van der Waals surface area (Å²) in [6.07, 6.45) is 0.297. The standard InChI is InChI=1S/C13H18O3/c1-4-14-12-5-10(3)13(6-9(12)2)16-8-11-7-15-11/h5-6,11H,4,7-8H2,1-3H3. The highest BCUT2D eigenvalue weighted by molar-refractivity contribution is 5.45. The lowest BCUT2D eigenvalue weighted by Crippen LogP contribution is -2.05. The summed E-state index contributed by atoms with van der Waals surface area (Å²) in [6, 6.07) is 4.06. The molecule has 0 bridgehead atoms. The Kier molecular flexibility index (Phi) is 3.34. The van der Waals surface area contributed by atoms with Gasteiger partial charge in [0.05, 0.1) is 13.2 Å². The molecule has 1 unspecified atom stereocenters. The number of rotatable bonds is 5. The minimum atomic E-state index is 0.297. The molecule has 3 heteroatoms. The van der Waals surface area contributed by atoms with Crippen LogP contribution in [0.5, 0.6) is 11.5 Å². The molecule has 1 saturated heterocycles. The molecule has 0 radical (unpaired) electrons. The molecular formula is C13H18O3. The largest absolute Gasteiger partial charge is 0.494 e. The molecule has 0 spiro atoms. The van der Waals surface area contributed by atoms with E-state index < -0.39 is 0 Å². The fraction of sp³-hybridized carbons (Fsp3) is 0.538. The van der Waals surface area contributed by atoms with Crippen LogP contribution in [0.25, 0.3) is 0 Å². The van der Waals surface area contributed by atoms with Crippen LogP contribution in [-0.4, -0.2) is 25.9 Å². The van der Waals surface area contributed by atoms with Gasteiger partial charge in [0.15, 0.2) is 0 Å². The highest BCUT2D eigenvalue weighted by Crippen LogP contribution is 2.28. The van der Waals surface area contributed by atoms with Gasteiger partial charge in [0.25, 0.3) is 0 Å². The summed E-state index contributed by atoms with van der Waals surface area (Å²) in [5, 5.41) is 0. The first kappa shape index (κ1) is 11.3. The van der Waals surface area contributed by atoms with Crippen LogP contribution in [0.15, 0.2) is 12.1 Å². The van der Waals surface area contributed by atoms with E-state index in [0.29, 0.717) is 19.3 Å². The van der Waals surface area contributed by atoms with Gasteiger partial charge in [-0.05, 0) is 44.0 Å². The molecule has 88 valence electrons. The second kappa shape index (κ2) is 4.74. The average Bonchev–Trinajstić information content (AvgIpc) is 3.05. The van der Waals surface area contributed by atoms with Crippen molar-refractivity contribution in [2.45, 2.75) is 26.9 Å². The van der Waals surface area contributed by atoms with Gasteiger partial charge in [-0.2, -0.15) is 0 Å². The second-order valence-electron chi connectivity index (χ2n) is 4.08. The lowest BCUT2D eigenvalue weighted by atomic mass is 10.1. The van der Waals surface area contributed by atoms with Crippen LogP contribution in [0.2, 0.25) is 0 Å². The Morgan fingerprint density at radius 1 is 1.19 bits per heavy atom. The zero-order chi connectivity index (χ0) is 11.5. The van der Waals surface area contributed by atoms with E-state index in [1.807, 2.05) is 32.9 Å². The lowest BCUT2D eigenvalue weighted by molar-refractivity contribution is 0.261. The van der Waals surface area contributed by atoms with Crippen molar-refractivity contribution in [3.8, 4) is 11.5 Å². The van der Waals surface area contributed by atoms with Crippen LogP contribution in [-0.2, 0) is 4.74 Å². The van der Waals surface area contributed by atoms with Gasteiger partial charge in [-0.25, -0.2) is 0 Å². The number of ether oxygens (including phenoxy) is 3. The molecule has 1 heterocycles. The lowest BCUT2D eigenvalue weighted by Gasteiger charge is -2.13. The van der Waals surface area contributed by atoms with Crippen molar-refractivity contribution in [2.75, 3.05) is 19.8 Å². The molecule has 3 nitrogen and oxygen atoms in total. The van der Waals surface area contributed by atoms with Crippen molar-refractivity contribution >= 4 is 0 Å². The first-order valence-electron chi connectivity index (χ1n) is 5.69. The molecule has 16 heavy (non-hydrogen) atoms. The van der Waals surface area contributed by atoms with Gasteiger partial charge in [-0.1, -0.05) is 0 Å². The van der Waals surface area contributed by atoms with E-state index in [9.17, 15) is 0 Å². The number of benzene rings is 1. The number of aryl methyl sites for hydroxylation is 2. The minimum absolute atomic E-state index is 0.297. The maximum Gasteiger partial charge on any atom is 0.122 e. The Labute approximate surface area is 96.3 Å². The van der Waals surface area contributed by atoms with Crippen LogP contribution < -0.4 is 9.47 Å². The van der Waals surface area contributed by atoms with Crippen LogP contribution in [0.3, 0.4) is 0 Å².